The summed E-state index contributed by atoms with van der Waals surface area (Å²) in [5.74, 6) is 7.59. The second-order valence-corrected chi connectivity index (χ2v) is 7.35. The number of thiophene rings is 1. The van der Waals surface area contributed by atoms with Crippen LogP contribution in [-0.2, 0) is 0 Å². The Bertz CT molecular complexity index is 904. The third-order valence-electron chi connectivity index (χ3n) is 3.50. The number of ether oxygens (including phenoxy) is 1. The number of para-hydroxylation sites is 1. The van der Waals surface area contributed by atoms with E-state index >= 15 is 0 Å². The van der Waals surface area contributed by atoms with Gasteiger partial charge in [-0.2, -0.15) is 0 Å². The number of aromatic nitrogens is 3. The van der Waals surface area contributed by atoms with Crippen molar-refractivity contribution in [3.05, 3.63) is 64.1 Å². The van der Waals surface area contributed by atoms with Crippen molar-refractivity contribution in [2.45, 2.75) is 12.1 Å². The molecule has 2 aromatic heterocycles. The summed E-state index contributed by atoms with van der Waals surface area (Å²) >= 11 is 3.04. The van der Waals surface area contributed by atoms with E-state index in [0.29, 0.717) is 34.7 Å². The molecular weight excluding hydrogens is 368 g/mol. The molecular formula is C18H18N4O2S2. The largest absolute Gasteiger partial charge is 0.492 e. The predicted molar refractivity (Wildman–Crippen MR) is 105 cm³/mol. The molecule has 0 aliphatic heterocycles. The van der Waals surface area contributed by atoms with Gasteiger partial charge in [-0.05, 0) is 42.7 Å². The van der Waals surface area contributed by atoms with Gasteiger partial charge in [0, 0.05) is 10.6 Å². The number of allylic oxidation sites excluding steroid dienone is 1. The van der Waals surface area contributed by atoms with E-state index in [1.807, 2.05) is 35.7 Å². The Kier molecular flexibility index (Phi) is 6.08. The van der Waals surface area contributed by atoms with Crippen molar-refractivity contribution in [2.75, 3.05) is 18.2 Å². The standard InChI is InChI=1S/C18H18N4O2S2/c1-13-20-21-18(22(13)19)26-12-10-24-17-7-3-2-6-15(17)16(23)9-8-14-5-4-11-25-14/h2-9,11H,10,12,19H2,1H3. The number of benzene rings is 1. The number of carbonyl (C=O) groups excluding carboxylic acids is 1. The summed E-state index contributed by atoms with van der Waals surface area (Å²) in [6, 6.07) is 11.2. The van der Waals surface area contributed by atoms with E-state index in [1.54, 1.807) is 36.5 Å². The maximum Gasteiger partial charge on any atom is 0.209 e. The second kappa shape index (κ2) is 8.68. The topological polar surface area (TPSA) is 83.0 Å². The van der Waals surface area contributed by atoms with Gasteiger partial charge in [0.05, 0.1) is 12.2 Å². The number of nitrogens with zero attached hydrogens (tertiary/aromatic N) is 3. The lowest BCUT2D eigenvalue weighted by molar-refractivity contribution is 0.104. The number of hydrogen-bond donors (Lipinski definition) is 1. The first-order valence-corrected chi connectivity index (χ1v) is 9.79. The summed E-state index contributed by atoms with van der Waals surface area (Å²) in [4.78, 5) is 13.5. The molecule has 134 valence electrons. The number of ketones is 1. The van der Waals surface area contributed by atoms with Gasteiger partial charge in [-0.15, -0.1) is 21.5 Å². The minimum Gasteiger partial charge on any atom is -0.492 e. The van der Waals surface area contributed by atoms with Crippen LogP contribution in [-0.4, -0.2) is 33.0 Å². The molecule has 0 bridgehead atoms. The first-order valence-electron chi connectivity index (χ1n) is 7.93. The van der Waals surface area contributed by atoms with Crippen LogP contribution >= 0.6 is 23.1 Å². The molecule has 3 rings (SSSR count). The summed E-state index contributed by atoms with van der Waals surface area (Å²) < 4.78 is 7.23. The van der Waals surface area contributed by atoms with Crippen molar-refractivity contribution in [1.29, 1.82) is 0 Å². The Morgan fingerprint density at radius 2 is 2.15 bits per heavy atom. The minimum absolute atomic E-state index is 0.0843. The average Bonchev–Trinajstić information content (AvgIpc) is 3.28. The molecule has 0 aliphatic carbocycles. The minimum atomic E-state index is -0.0843. The summed E-state index contributed by atoms with van der Waals surface area (Å²) in [7, 11) is 0. The molecule has 0 atom stereocenters. The van der Waals surface area contributed by atoms with Gasteiger partial charge in [0.15, 0.2) is 5.78 Å². The average molecular weight is 387 g/mol. The third kappa shape index (κ3) is 4.53. The van der Waals surface area contributed by atoms with Crippen LogP contribution in [0.1, 0.15) is 21.1 Å². The van der Waals surface area contributed by atoms with E-state index in [1.165, 1.54) is 16.4 Å². The van der Waals surface area contributed by atoms with Crippen molar-refractivity contribution < 1.29 is 9.53 Å². The van der Waals surface area contributed by atoms with E-state index in [9.17, 15) is 4.79 Å². The molecule has 8 heteroatoms. The highest BCUT2D eigenvalue weighted by Gasteiger charge is 2.10. The van der Waals surface area contributed by atoms with Crippen molar-refractivity contribution in [3.8, 4) is 5.75 Å². The summed E-state index contributed by atoms with van der Waals surface area (Å²) in [5, 5.41) is 10.5. The van der Waals surface area contributed by atoms with Crippen LogP contribution in [0.4, 0.5) is 0 Å². The van der Waals surface area contributed by atoms with Crippen LogP contribution in [0.5, 0.6) is 5.75 Å². The lowest BCUT2D eigenvalue weighted by atomic mass is 10.1. The Balaban J connectivity index is 1.58. The summed E-state index contributed by atoms with van der Waals surface area (Å²) in [6.45, 7) is 2.22. The highest BCUT2D eigenvalue weighted by molar-refractivity contribution is 7.99. The zero-order valence-electron chi connectivity index (χ0n) is 14.2. The molecule has 3 aromatic rings. The van der Waals surface area contributed by atoms with E-state index < -0.39 is 0 Å². The monoisotopic (exact) mass is 386 g/mol. The van der Waals surface area contributed by atoms with Gasteiger partial charge in [0.1, 0.15) is 11.6 Å². The molecule has 0 spiro atoms. The van der Waals surface area contributed by atoms with Gasteiger partial charge >= 0.3 is 0 Å². The SMILES string of the molecule is Cc1nnc(SCCOc2ccccc2C(=O)C=Cc2cccs2)n1N. The molecule has 2 heterocycles. The Morgan fingerprint density at radius 3 is 2.88 bits per heavy atom. The van der Waals surface area contributed by atoms with E-state index in [-0.39, 0.29) is 5.78 Å². The van der Waals surface area contributed by atoms with Crippen molar-refractivity contribution in [2.24, 2.45) is 0 Å². The van der Waals surface area contributed by atoms with Crippen LogP contribution < -0.4 is 10.6 Å². The van der Waals surface area contributed by atoms with Crippen LogP contribution in [0.15, 0.2) is 53.0 Å². The fraction of sp³-hybridized carbons (Fsp3) is 0.167. The first-order chi connectivity index (χ1) is 12.6. The molecule has 0 fully saturated rings. The smallest absolute Gasteiger partial charge is 0.209 e. The lowest BCUT2D eigenvalue weighted by Gasteiger charge is -2.09. The van der Waals surface area contributed by atoms with E-state index in [0.717, 1.165) is 4.88 Å². The zero-order valence-corrected chi connectivity index (χ0v) is 15.8. The van der Waals surface area contributed by atoms with Gasteiger partial charge < -0.3 is 10.6 Å². The van der Waals surface area contributed by atoms with Crippen LogP contribution in [0.3, 0.4) is 0 Å². The molecule has 0 saturated heterocycles. The maximum atomic E-state index is 12.5. The molecule has 2 N–H and O–H groups in total. The van der Waals surface area contributed by atoms with Crippen LogP contribution in [0.2, 0.25) is 0 Å². The number of thioether (sulfide) groups is 1. The summed E-state index contributed by atoms with van der Waals surface area (Å²) in [6.07, 6.45) is 3.39. The number of carbonyl (C=O) groups is 1. The number of rotatable bonds is 8. The van der Waals surface area contributed by atoms with Crippen LogP contribution in [0, 0.1) is 6.92 Å². The van der Waals surface area contributed by atoms with Crippen LogP contribution in [0.25, 0.3) is 6.08 Å². The molecule has 1 aromatic carbocycles. The summed E-state index contributed by atoms with van der Waals surface area (Å²) in [5.41, 5.74) is 0.545. The molecule has 0 amide bonds. The van der Waals surface area contributed by atoms with Gasteiger partial charge in [0.2, 0.25) is 5.16 Å². The molecule has 26 heavy (non-hydrogen) atoms. The maximum absolute atomic E-state index is 12.5. The fourth-order valence-electron chi connectivity index (χ4n) is 2.16. The zero-order chi connectivity index (χ0) is 18.4. The second-order valence-electron chi connectivity index (χ2n) is 5.31. The Hall–Kier alpha value is -2.58. The van der Waals surface area contributed by atoms with Gasteiger partial charge in [-0.3, -0.25) is 4.79 Å². The molecule has 0 unspecified atom stereocenters. The van der Waals surface area contributed by atoms with E-state index in [2.05, 4.69) is 10.2 Å². The highest BCUT2D eigenvalue weighted by Crippen LogP contribution is 2.21. The molecule has 6 nitrogen and oxygen atoms in total. The van der Waals surface area contributed by atoms with Crippen molar-refractivity contribution in [3.63, 3.8) is 0 Å². The quantitative estimate of drug-likeness (QED) is 0.210. The van der Waals surface area contributed by atoms with Gasteiger partial charge in [-0.25, -0.2) is 4.68 Å². The molecule has 0 radical (unpaired) electrons. The lowest BCUT2D eigenvalue weighted by Crippen LogP contribution is -2.12. The number of nitrogen functional groups attached to an aromatic ring is 1. The predicted octanol–water partition coefficient (Wildman–Crippen LogP) is 3.43. The van der Waals surface area contributed by atoms with Gasteiger partial charge in [-0.1, -0.05) is 30.0 Å². The number of nitrogens with two attached hydrogens (primary N) is 1. The fourth-order valence-corrected chi connectivity index (χ4v) is 3.50. The normalized spacial score (nSPS) is 11.1. The number of hydrogen-bond acceptors (Lipinski definition) is 7. The third-order valence-corrected chi connectivity index (χ3v) is 5.25. The van der Waals surface area contributed by atoms with E-state index in [4.69, 9.17) is 10.6 Å². The van der Waals surface area contributed by atoms with Crippen molar-refractivity contribution in [1.82, 2.24) is 14.9 Å². The number of aryl methyl sites for hydroxylation is 1. The Labute approximate surface area is 159 Å². The first kappa shape index (κ1) is 18.2. The van der Waals surface area contributed by atoms with Gasteiger partial charge in [0.25, 0.3) is 0 Å². The Morgan fingerprint density at radius 1 is 1.31 bits per heavy atom. The molecule has 0 aliphatic rings. The molecule has 0 saturated carbocycles. The van der Waals surface area contributed by atoms with Crippen molar-refractivity contribution >= 4 is 35.0 Å². The highest BCUT2D eigenvalue weighted by atomic mass is 32.2.